The number of aromatic nitrogens is 2. The lowest BCUT2D eigenvalue weighted by molar-refractivity contribution is -0.159. The summed E-state index contributed by atoms with van der Waals surface area (Å²) in [6.45, 7) is 1.56. The maximum atomic E-state index is 14.6. The second-order valence-electron chi connectivity index (χ2n) is 5.87. The third-order valence-electron chi connectivity index (χ3n) is 3.97. The molecule has 0 spiro atoms. The number of alkyl halides is 3. The molecule has 0 saturated heterocycles. The molecule has 0 bridgehead atoms. The number of fused-ring (bicyclic) bond motifs is 1. The van der Waals surface area contributed by atoms with E-state index in [-0.39, 0.29) is 36.4 Å². The highest BCUT2D eigenvalue weighted by Gasteiger charge is 2.38. The molecule has 1 aliphatic heterocycles. The fraction of sp³-hybridized carbons (Fsp3) is 0.375. The number of ether oxygens (including phenoxy) is 1. The van der Waals surface area contributed by atoms with Crippen LogP contribution >= 0.6 is 0 Å². The van der Waals surface area contributed by atoms with Crippen molar-refractivity contribution < 1.29 is 31.6 Å². The molecule has 0 radical (unpaired) electrons. The van der Waals surface area contributed by atoms with Gasteiger partial charge in [0, 0.05) is 11.1 Å². The van der Waals surface area contributed by atoms with Gasteiger partial charge >= 0.3 is 12.1 Å². The Balaban J connectivity index is 1.96. The average molecular weight is 384 g/mol. The smallest absolute Gasteiger partial charge is 0.471 e. The molecule has 11 heteroatoms. The summed E-state index contributed by atoms with van der Waals surface area (Å²) in [6.07, 6.45) is -5.18. The topological polar surface area (TPSA) is 92.2 Å². The van der Waals surface area contributed by atoms with Crippen molar-refractivity contribution in [3.8, 4) is 23.2 Å². The zero-order valence-electron chi connectivity index (χ0n) is 13.9. The Bertz CT molecular complexity index is 919. The van der Waals surface area contributed by atoms with Gasteiger partial charge in [-0.1, -0.05) is 5.16 Å². The molecule has 2 aromatic rings. The number of carbonyl (C=O) groups is 1. The first-order valence-electron chi connectivity index (χ1n) is 7.73. The number of hydrogen-bond donors (Lipinski definition) is 0. The molecule has 7 nitrogen and oxygen atoms in total. The number of nitrogens with zero attached hydrogens (tertiary/aromatic N) is 4. The number of carbonyl (C=O) groups excluding carboxylic acids is 1. The average Bonchev–Trinajstić information content (AvgIpc) is 3.03. The molecule has 0 fully saturated rings. The zero-order chi connectivity index (χ0) is 19.8. The number of rotatable bonds is 2. The van der Waals surface area contributed by atoms with E-state index in [1.165, 1.54) is 11.0 Å². The van der Waals surface area contributed by atoms with Crippen molar-refractivity contribution >= 4 is 5.91 Å². The summed E-state index contributed by atoms with van der Waals surface area (Å²) in [6, 6.07) is 3.54. The van der Waals surface area contributed by atoms with Gasteiger partial charge in [-0.15, -0.1) is 0 Å². The minimum absolute atomic E-state index is 0.0209. The molecule has 1 aromatic heterocycles. The predicted molar refractivity (Wildman–Crippen MR) is 80.4 cm³/mol. The maximum Gasteiger partial charge on any atom is 0.471 e. The number of nitriles is 1. The van der Waals surface area contributed by atoms with Crippen LogP contribution in [0.2, 0.25) is 0 Å². The molecule has 1 amide bonds. The largest absolute Gasteiger partial charge is 0.491 e. The summed E-state index contributed by atoms with van der Waals surface area (Å²) >= 11 is 0. The van der Waals surface area contributed by atoms with Crippen LogP contribution in [0.4, 0.5) is 17.6 Å². The second-order valence-corrected chi connectivity index (χ2v) is 5.87. The lowest BCUT2D eigenvalue weighted by Crippen LogP contribution is -2.39. The Labute approximate surface area is 150 Å². The molecular weight excluding hydrogens is 372 g/mol. The first-order valence-corrected chi connectivity index (χ1v) is 7.73. The molecule has 0 aliphatic carbocycles. The van der Waals surface area contributed by atoms with Gasteiger partial charge in [-0.2, -0.15) is 23.4 Å². The van der Waals surface area contributed by atoms with Gasteiger partial charge in [-0.3, -0.25) is 4.79 Å². The van der Waals surface area contributed by atoms with Crippen LogP contribution in [0, 0.1) is 17.1 Å². The predicted octanol–water partition coefficient (Wildman–Crippen LogP) is 2.92. The Morgan fingerprint density at radius 3 is 2.81 bits per heavy atom. The van der Waals surface area contributed by atoms with Crippen LogP contribution in [0.5, 0.6) is 5.75 Å². The molecule has 142 valence electrons. The molecule has 0 unspecified atom stereocenters. The molecule has 1 aliphatic rings. The van der Waals surface area contributed by atoms with Crippen LogP contribution in [-0.4, -0.2) is 33.6 Å². The molecule has 3 rings (SSSR count). The lowest BCUT2D eigenvalue weighted by Gasteiger charge is -2.25. The van der Waals surface area contributed by atoms with Crippen LogP contribution in [0.25, 0.3) is 11.4 Å². The highest BCUT2D eigenvalue weighted by molar-refractivity contribution is 5.78. The van der Waals surface area contributed by atoms with E-state index in [4.69, 9.17) is 10.00 Å². The van der Waals surface area contributed by atoms with Crippen molar-refractivity contribution in [2.45, 2.75) is 32.1 Å². The lowest BCUT2D eigenvalue weighted by atomic mass is 10.1. The molecule has 0 N–H and O–H groups in total. The maximum absolute atomic E-state index is 14.6. The molecule has 27 heavy (non-hydrogen) atoms. The molecule has 1 aromatic carbocycles. The van der Waals surface area contributed by atoms with Crippen molar-refractivity contribution in [2.75, 3.05) is 6.61 Å². The van der Waals surface area contributed by atoms with Crippen LogP contribution in [0.15, 0.2) is 16.7 Å². The Morgan fingerprint density at radius 1 is 1.44 bits per heavy atom. The van der Waals surface area contributed by atoms with Crippen LogP contribution < -0.4 is 4.74 Å². The molecule has 1 atom stereocenters. The summed E-state index contributed by atoms with van der Waals surface area (Å²) in [4.78, 5) is 16.6. The minimum atomic E-state index is -4.82. The fourth-order valence-electron chi connectivity index (χ4n) is 2.61. The van der Waals surface area contributed by atoms with Gasteiger partial charge in [-0.25, -0.2) is 4.39 Å². The van der Waals surface area contributed by atoms with Crippen LogP contribution in [0.3, 0.4) is 0 Å². The van der Waals surface area contributed by atoms with Crippen molar-refractivity contribution in [1.29, 1.82) is 5.26 Å². The van der Waals surface area contributed by atoms with Gasteiger partial charge in [0.25, 0.3) is 0 Å². The molecule has 0 saturated carbocycles. The summed E-state index contributed by atoms with van der Waals surface area (Å²) < 4.78 is 62.0. The Hall–Kier alpha value is -3.16. The van der Waals surface area contributed by atoms with E-state index in [0.717, 1.165) is 6.07 Å². The van der Waals surface area contributed by atoms with Crippen LogP contribution in [0.1, 0.15) is 24.8 Å². The minimum Gasteiger partial charge on any atom is -0.491 e. The van der Waals surface area contributed by atoms with E-state index in [1.807, 2.05) is 0 Å². The van der Waals surface area contributed by atoms with E-state index >= 15 is 0 Å². The van der Waals surface area contributed by atoms with Crippen LogP contribution in [-0.2, 0) is 17.5 Å². The van der Waals surface area contributed by atoms with Gasteiger partial charge in [-0.05, 0) is 19.1 Å². The fourth-order valence-corrected chi connectivity index (χ4v) is 2.61. The summed E-state index contributed by atoms with van der Waals surface area (Å²) in [5.41, 5.74) is -0.0103. The van der Waals surface area contributed by atoms with Gasteiger partial charge in [0.05, 0.1) is 18.7 Å². The standard InChI is InChI=1S/C16H12F4N4O3/c1-8-7-26-12-5-9(14-22-15(27-23-14)16(18,19)20)4-11(17)10(12)6-24(8)13(25)2-3-21/h4-5,8H,2,6-7H2,1H3/t8-/m1/s1. The number of halogens is 4. The van der Waals surface area contributed by atoms with Gasteiger partial charge in [0.1, 0.15) is 24.6 Å². The van der Waals surface area contributed by atoms with E-state index in [0.29, 0.717) is 0 Å². The monoisotopic (exact) mass is 384 g/mol. The first kappa shape index (κ1) is 18.6. The van der Waals surface area contributed by atoms with E-state index in [9.17, 15) is 22.4 Å². The van der Waals surface area contributed by atoms with E-state index < -0.39 is 35.7 Å². The highest BCUT2D eigenvalue weighted by atomic mass is 19.4. The third-order valence-corrected chi connectivity index (χ3v) is 3.97. The summed E-state index contributed by atoms with van der Waals surface area (Å²) in [5.74, 6) is -3.21. The van der Waals surface area contributed by atoms with Gasteiger partial charge < -0.3 is 14.2 Å². The second kappa shape index (κ2) is 6.86. The van der Waals surface area contributed by atoms with Gasteiger partial charge in [0.15, 0.2) is 0 Å². The normalized spacial score (nSPS) is 16.9. The first-order chi connectivity index (χ1) is 12.7. The number of benzene rings is 1. The summed E-state index contributed by atoms with van der Waals surface area (Å²) in [5, 5.41) is 11.9. The van der Waals surface area contributed by atoms with E-state index in [1.54, 1.807) is 13.0 Å². The third kappa shape index (κ3) is 3.69. The quantitative estimate of drug-likeness (QED) is 0.740. The highest BCUT2D eigenvalue weighted by Crippen LogP contribution is 2.34. The molecular formula is C16H12F4N4O3. The molecule has 2 heterocycles. The van der Waals surface area contributed by atoms with Crippen molar-refractivity contribution in [3.05, 3.63) is 29.4 Å². The Morgan fingerprint density at radius 2 is 2.19 bits per heavy atom. The van der Waals surface area contributed by atoms with Crippen molar-refractivity contribution in [3.63, 3.8) is 0 Å². The number of hydrogen-bond acceptors (Lipinski definition) is 6. The van der Waals surface area contributed by atoms with Gasteiger partial charge in [0.2, 0.25) is 11.7 Å². The SMILES string of the molecule is C[C@@H]1COc2cc(-c3noc(C(F)(F)F)n3)cc(F)c2CN1C(=O)CC#N. The Kier molecular flexibility index (Phi) is 4.73. The van der Waals surface area contributed by atoms with Crippen molar-refractivity contribution in [1.82, 2.24) is 15.0 Å². The zero-order valence-corrected chi connectivity index (χ0v) is 13.9. The number of amides is 1. The summed E-state index contributed by atoms with van der Waals surface area (Å²) in [7, 11) is 0. The van der Waals surface area contributed by atoms with E-state index in [2.05, 4.69) is 14.7 Å². The van der Waals surface area contributed by atoms with Crippen molar-refractivity contribution in [2.24, 2.45) is 0 Å².